The molecule has 0 bridgehead atoms. The van der Waals surface area contributed by atoms with Crippen LogP contribution in [0.5, 0.6) is 0 Å². The van der Waals surface area contributed by atoms with Gasteiger partial charge in [0.15, 0.2) is 0 Å². The largest absolute Gasteiger partial charge is 0.320 e. The summed E-state index contributed by atoms with van der Waals surface area (Å²) < 4.78 is 0. The molecule has 72 valence electrons. The molecule has 0 aromatic carbocycles. The van der Waals surface area contributed by atoms with Crippen molar-refractivity contribution in [1.29, 1.82) is 0 Å². The summed E-state index contributed by atoms with van der Waals surface area (Å²) in [4.78, 5) is 4.61. The summed E-state index contributed by atoms with van der Waals surface area (Å²) in [7, 11) is 0. The number of aromatic nitrogens is 1. The van der Waals surface area contributed by atoms with Crippen molar-refractivity contribution in [2.24, 2.45) is 5.73 Å². The molecule has 1 saturated carbocycles. The molecule has 0 amide bonds. The second-order valence-corrected chi connectivity index (χ2v) is 5.01. The first-order chi connectivity index (χ1) is 6.13. The van der Waals surface area contributed by atoms with E-state index in [1.807, 2.05) is 0 Å². The highest BCUT2D eigenvalue weighted by molar-refractivity contribution is 7.09. The fraction of sp³-hybridized carbons (Fsp3) is 0.700. The molecule has 0 saturated heterocycles. The predicted molar refractivity (Wildman–Crippen MR) is 55.9 cm³/mol. The van der Waals surface area contributed by atoms with Crippen molar-refractivity contribution >= 4 is 11.3 Å². The maximum absolute atomic E-state index is 6.12. The minimum absolute atomic E-state index is 0.232. The van der Waals surface area contributed by atoms with Gasteiger partial charge in [-0.3, -0.25) is 0 Å². The molecule has 2 nitrogen and oxygen atoms in total. The van der Waals surface area contributed by atoms with Crippen LogP contribution in [0, 0.1) is 0 Å². The van der Waals surface area contributed by atoms with Crippen molar-refractivity contribution < 1.29 is 0 Å². The highest BCUT2D eigenvalue weighted by Crippen LogP contribution is 2.42. The number of hydrogen-bond donors (Lipinski definition) is 1. The molecule has 2 N–H and O–H groups in total. The maximum atomic E-state index is 6.12. The fourth-order valence-corrected chi connectivity index (χ4v) is 2.38. The fourth-order valence-electron chi connectivity index (χ4n) is 1.25. The Labute approximate surface area is 83.2 Å². The molecule has 0 radical (unpaired) electrons. The van der Waals surface area contributed by atoms with Crippen molar-refractivity contribution in [2.45, 2.75) is 44.6 Å². The van der Waals surface area contributed by atoms with E-state index in [0.29, 0.717) is 0 Å². The van der Waals surface area contributed by atoms with E-state index in [4.69, 9.17) is 5.73 Å². The summed E-state index contributed by atoms with van der Waals surface area (Å²) in [6, 6.07) is 0. The van der Waals surface area contributed by atoms with Crippen molar-refractivity contribution in [3.8, 4) is 0 Å². The van der Waals surface area contributed by atoms with Gasteiger partial charge in [0.05, 0.1) is 16.2 Å². The topological polar surface area (TPSA) is 38.9 Å². The van der Waals surface area contributed by atoms with Crippen LogP contribution in [0.25, 0.3) is 0 Å². The summed E-state index contributed by atoms with van der Waals surface area (Å²) in [6.45, 7) is 4.16. The van der Waals surface area contributed by atoms with Gasteiger partial charge in [-0.05, 0) is 26.2 Å². The summed E-state index contributed by atoms with van der Waals surface area (Å²) in [6.07, 6.45) is 3.58. The van der Waals surface area contributed by atoms with E-state index in [1.165, 1.54) is 17.8 Å². The molecule has 0 aliphatic heterocycles. The minimum Gasteiger partial charge on any atom is -0.320 e. The average molecular weight is 196 g/mol. The molecule has 1 heterocycles. The molecule has 1 aliphatic carbocycles. The third kappa shape index (κ3) is 1.76. The highest BCUT2D eigenvalue weighted by atomic mass is 32.1. The van der Waals surface area contributed by atoms with Crippen LogP contribution in [0.4, 0.5) is 0 Å². The van der Waals surface area contributed by atoms with Crippen molar-refractivity contribution in [3.63, 3.8) is 0 Å². The van der Waals surface area contributed by atoms with Crippen LogP contribution >= 0.6 is 11.3 Å². The Hall–Kier alpha value is -0.410. The third-order valence-corrected chi connectivity index (χ3v) is 3.78. The van der Waals surface area contributed by atoms with Gasteiger partial charge in [0.2, 0.25) is 0 Å². The maximum Gasteiger partial charge on any atom is 0.0960 e. The molecule has 1 aromatic rings. The number of thiazole rings is 1. The van der Waals surface area contributed by atoms with Gasteiger partial charge in [-0.15, -0.1) is 11.3 Å². The Morgan fingerprint density at radius 3 is 2.92 bits per heavy atom. The van der Waals surface area contributed by atoms with Crippen LogP contribution in [0.3, 0.4) is 0 Å². The molecule has 2 rings (SSSR count). The molecule has 13 heavy (non-hydrogen) atoms. The highest BCUT2D eigenvalue weighted by Gasteiger charge is 2.29. The molecule has 1 atom stereocenters. The zero-order chi connectivity index (χ0) is 9.47. The SMILES string of the molecule is CCC(C)(N)c1csc(C2CC2)n1. The molecular formula is C10H16N2S. The van der Waals surface area contributed by atoms with Gasteiger partial charge in [-0.2, -0.15) is 0 Å². The van der Waals surface area contributed by atoms with Crippen LogP contribution in [-0.4, -0.2) is 4.98 Å². The van der Waals surface area contributed by atoms with Crippen molar-refractivity contribution in [2.75, 3.05) is 0 Å². The standard InChI is InChI=1S/C10H16N2S/c1-3-10(2,11)8-6-13-9(12-8)7-4-5-7/h6-7H,3-5,11H2,1-2H3. The summed E-state index contributed by atoms with van der Waals surface area (Å²) in [5.41, 5.74) is 6.95. The first kappa shape index (κ1) is 9.16. The van der Waals surface area contributed by atoms with E-state index in [0.717, 1.165) is 18.0 Å². The Morgan fingerprint density at radius 1 is 1.69 bits per heavy atom. The number of nitrogens with zero attached hydrogens (tertiary/aromatic N) is 1. The van der Waals surface area contributed by atoms with Gasteiger partial charge in [-0.1, -0.05) is 6.92 Å². The number of nitrogens with two attached hydrogens (primary N) is 1. The zero-order valence-electron chi connectivity index (χ0n) is 8.21. The molecule has 1 fully saturated rings. The quantitative estimate of drug-likeness (QED) is 0.807. The lowest BCUT2D eigenvalue weighted by molar-refractivity contribution is 0.463. The van der Waals surface area contributed by atoms with Crippen molar-refractivity contribution in [1.82, 2.24) is 4.98 Å². The smallest absolute Gasteiger partial charge is 0.0960 e. The number of rotatable bonds is 3. The zero-order valence-corrected chi connectivity index (χ0v) is 9.03. The lowest BCUT2D eigenvalue weighted by Gasteiger charge is -2.19. The van der Waals surface area contributed by atoms with Crippen LogP contribution in [-0.2, 0) is 5.54 Å². The molecule has 0 spiro atoms. The molecule has 1 aliphatic rings. The van der Waals surface area contributed by atoms with E-state index in [1.54, 1.807) is 11.3 Å². The Kier molecular flexibility index (Phi) is 2.16. The molecular weight excluding hydrogens is 180 g/mol. The Bertz CT molecular complexity index is 300. The first-order valence-electron chi connectivity index (χ1n) is 4.88. The second-order valence-electron chi connectivity index (χ2n) is 4.12. The summed E-state index contributed by atoms with van der Waals surface area (Å²) >= 11 is 1.77. The van der Waals surface area contributed by atoms with Gasteiger partial charge in [0, 0.05) is 11.3 Å². The molecule has 1 aromatic heterocycles. The Balaban J connectivity index is 2.20. The summed E-state index contributed by atoms with van der Waals surface area (Å²) in [5.74, 6) is 0.756. The van der Waals surface area contributed by atoms with Crippen LogP contribution in [0.1, 0.15) is 49.7 Å². The van der Waals surface area contributed by atoms with E-state index in [2.05, 4.69) is 24.2 Å². The molecule has 3 heteroatoms. The van der Waals surface area contributed by atoms with Crippen LogP contribution in [0.15, 0.2) is 5.38 Å². The van der Waals surface area contributed by atoms with E-state index in [9.17, 15) is 0 Å². The average Bonchev–Trinajstić information content (AvgIpc) is 2.83. The second kappa shape index (κ2) is 3.07. The van der Waals surface area contributed by atoms with Gasteiger partial charge >= 0.3 is 0 Å². The monoisotopic (exact) mass is 196 g/mol. The van der Waals surface area contributed by atoms with Gasteiger partial charge in [0.25, 0.3) is 0 Å². The van der Waals surface area contributed by atoms with Crippen molar-refractivity contribution in [3.05, 3.63) is 16.1 Å². The van der Waals surface area contributed by atoms with Gasteiger partial charge in [0.1, 0.15) is 0 Å². The van der Waals surface area contributed by atoms with E-state index in [-0.39, 0.29) is 5.54 Å². The normalized spacial score (nSPS) is 21.5. The van der Waals surface area contributed by atoms with Gasteiger partial charge < -0.3 is 5.73 Å². The van der Waals surface area contributed by atoms with E-state index < -0.39 is 0 Å². The lowest BCUT2D eigenvalue weighted by atomic mass is 9.97. The number of hydrogen-bond acceptors (Lipinski definition) is 3. The first-order valence-corrected chi connectivity index (χ1v) is 5.76. The molecule has 1 unspecified atom stereocenters. The van der Waals surface area contributed by atoms with Crippen LogP contribution < -0.4 is 5.73 Å². The predicted octanol–water partition coefficient (Wildman–Crippen LogP) is 2.60. The van der Waals surface area contributed by atoms with Gasteiger partial charge in [-0.25, -0.2) is 4.98 Å². The Morgan fingerprint density at radius 2 is 2.38 bits per heavy atom. The summed E-state index contributed by atoms with van der Waals surface area (Å²) in [5, 5.41) is 3.41. The lowest BCUT2D eigenvalue weighted by Crippen LogP contribution is -2.32. The minimum atomic E-state index is -0.232. The van der Waals surface area contributed by atoms with Crippen LogP contribution in [0.2, 0.25) is 0 Å². The van der Waals surface area contributed by atoms with E-state index >= 15 is 0 Å². The third-order valence-electron chi connectivity index (χ3n) is 2.77.